The molecule has 0 unspecified atom stereocenters. The molecule has 0 bridgehead atoms. The number of hydrogen-bond acceptors (Lipinski definition) is 4. The van der Waals surface area contributed by atoms with Crippen LogP contribution in [0.2, 0.25) is 0 Å². The number of hydrogen-bond donors (Lipinski definition) is 0. The maximum Gasteiger partial charge on any atom is 0.180 e. The first kappa shape index (κ1) is 30.9. The van der Waals surface area contributed by atoms with Crippen LogP contribution >= 0.6 is 0 Å². The Morgan fingerprint density at radius 3 is 1.48 bits per heavy atom. The average molecular weight is 715 g/mol. The molecule has 12 rings (SSSR count). The van der Waals surface area contributed by atoms with Gasteiger partial charge in [-0.3, -0.25) is 0 Å². The minimum atomic E-state index is 0.663. The first-order valence-electron chi connectivity index (χ1n) is 18.9. The zero-order valence-corrected chi connectivity index (χ0v) is 30.0. The van der Waals surface area contributed by atoms with Gasteiger partial charge in [-0.1, -0.05) is 133 Å². The summed E-state index contributed by atoms with van der Waals surface area (Å²) in [4.78, 5) is 10.2. The quantitative estimate of drug-likeness (QED) is 0.167. The van der Waals surface area contributed by atoms with Gasteiger partial charge in [0.05, 0.1) is 0 Å². The Morgan fingerprint density at radius 2 is 0.804 bits per heavy atom. The second-order valence-corrected chi connectivity index (χ2v) is 14.5. The summed E-state index contributed by atoms with van der Waals surface area (Å²) in [6, 6.07) is 64.0. The van der Waals surface area contributed by atoms with Gasteiger partial charge < -0.3 is 8.83 Å². The van der Waals surface area contributed by atoms with E-state index >= 15 is 0 Å². The number of furan rings is 2. The lowest BCUT2D eigenvalue weighted by atomic mass is 9.91. The van der Waals surface area contributed by atoms with E-state index < -0.39 is 0 Å². The van der Waals surface area contributed by atoms with Crippen molar-refractivity contribution in [3.63, 3.8) is 0 Å². The van der Waals surface area contributed by atoms with Gasteiger partial charge in [-0.25, -0.2) is 9.97 Å². The highest BCUT2D eigenvalue weighted by Crippen LogP contribution is 2.44. The molecule has 0 spiro atoms. The lowest BCUT2D eigenvalue weighted by Gasteiger charge is -2.12. The molecule has 0 N–H and O–H groups in total. The third-order valence-electron chi connectivity index (χ3n) is 11.2. The van der Waals surface area contributed by atoms with Gasteiger partial charge in [0.2, 0.25) is 0 Å². The van der Waals surface area contributed by atoms with Gasteiger partial charge in [-0.2, -0.15) is 0 Å². The van der Waals surface area contributed by atoms with Crippen molar-refractivity contribution in [1.29, 1.82) is 0 Å². The van der Waals surface area contributed by atoms with Crippen molar-refractivity contribution in [3.05, 3.63) is 182 Å². The second kappa shape index (κ2) is 12.0. The third kappa shape index (κ3) is 4.73. The highest BCUT2D eigenvalue weighted by molar-refractivity contribution is 6.33. The van der Waals surface area contributed by atoms with E-state index in [1.54, 1.807) is 0 Å². The van der Waals surface area contributed by atoms with Crippen molar-refractivity contribution in [2.45, 2.75) is 0 Å². The molecule has 56 heavy (non-hydrogen) atoms. The molecule has 0 radical (unpaired) electrons. The van der Waals surface area contributed by atoms with E-state index in [9.17, 15) is 0 Å². The Balaban J connectivity index is 0.933. The summed E-state index contributed by atoms with van der Waals surface area (Å²) in [6.45, 7) is 0. The Hall–Kier alpha value is -7.56. The third-order valence-corrected chi connectivity index (χ3v) is 11.2. The number of rotatable bonds is 5. The van der Waals surface area contributed by atoms with E-state index in [0.29, 0.717) is 11.4 Å². The Labute approximate surface area is 321 Å². The molecule has 0 aliphatic rings. The van der Waals surface area contributed by atoms with Gasteiger partial charge in [0.25, 0.3) is 0 Å². The molecule has 0 saturated carbocycles. The Kier molecular flexibility index (Phi) is 6.60. The summed E-state index contributed by atoms with van der Waals surface area (Å²) >= 11 is 0. The fourth-order valence-electron chi connectivity index (χ4n) is 8.60. The molecule has 4 nitrogen and oxygen atoms in total. The summed E-state index contributed by atoms with van der Waals surface area (Å²) in [5.74, 6) is 0.663. The van der Waals surface area contributed by atoms with Crippen molar-refractivity contribution < 1.29 is 8.83 Å². The molecule has 0 aliphatic heterocycles. The standard InChI is InChI=1S/C52H30N2O2/c1-2-11-31(12-3-1)49-51-50(42-19-4-5-22-44(42)56-51)54-52(53-49)38-18-8-17-36(29-38)34-15-6-13-32(27-34)33-14-7-16-35(28-33)37-25-26-39-40-20-9-23-45-47(40)48-41(43(39)30-37)21-10-24-46(48)55-45/h1-30H. The zero-order chi connectivity index (χ0) is 36.7. The van der Waals surface area contributed by atoms with Crippen LogP contribution in [0.25, 0.3) is 122 Å². The Bertz CT molecular complexity index is 3480. The number of nitrogens with zero attached hydrogens (tertiary/aromatic N) is 2. The summed E-state index contributed by atoms with van der Waals surface area (Å²) in [7, 11) is 0. The topological polar surface area (TPSA) is 52.1 Å². The fourth-order valence-corrected chi connectivity index (χ4v) is 8.60. The van der Waals surface area contributed by atoms with Crippen LogP contribution in [0.4, 0.5) is 0 Å². The number of fused-ring (bicyclic) bond motifs is 6. The van der Waals surface area contributed by atoms with Gasteiger partial charge >= 0.3 is 0 Å². The van der Waals surface area contributed by atoms with Crippen LogP contribution in [0.3, 0.4) is 0 Å². The normalized spacial score (nSPS) is 11.9. The SMILES string of the molecule is c1ccc(-c2nc(-c3cccc(-c4cccc(-c5cccc(-c6ccc7c(c6)c6cccc8oc9cccc7c9c86)c5)c4)c3)nc3c2oc2ccccc23)cc1. The van der Waals surface area contributed by atoms with Crippen molar-refractivity contribution in [2.75, 3.05) is 0 Å². The van der Waals surface area contributed by atoms with E-state index in [2.05, 4.69) is 146 Å². The van der Waals surface area contributed by atoms with Crippen molar-refractivity contribution in [2.24, 2.45) is 0 Å². The van der Waals surface area contributed by atoms with Crippen molar-refractivity contribution in [1.82, 2.24) is 9.97 Å². The highest BCUT2D eigenvalue weighted by atomic mass is 16.3. The monoisotopic (exact) mass is 714 g/mol. The summed E-state index contributed by atoms with van der Waals surface area (Å²) in [5.41, 5.74) is 13.8. The lowest BCUT2D eigenvalue weighted by molar-refractivity contribution is 0.667. The molecule has 0 aliphatic carbocycles. The predicted octanol–water partition coefficient (Wildman–Crippen LogP) is 14.4. The van der Waals surface area contributed by atoms with Crippen LogP contribution in [0.1, 0.15) is 0 Å². The van der Waals surface area contributed by atoms with Gasteiger partial charge in [0.15, 0.2) is 11.4 Å². The molecule has 4 heteroatoms. The lowest BCUT2D eigenvalue weighted by Crippen LogP contribution is -1.94. The Morgan fingerprint density at radius 1 is 0.304 bits per heavy atom. The molecule has 3 aromatic heterocycles. The van der Waals surface area contributed by atoms with Crippen LogP contribution in [-0.4, -0.2) is 9.97 Å². The first-order valence-corrected chi connectivity index (χ1v) is 18.9. The average Bonchev–Trinajstić information content (AvgIpc) is 3.85. The van der Waals surface area contributed by atoms with Gasteiger partial charge in [-0.15, -0.1) is 0 Å². The number of para-hydroxylation sites is 1. The summed E-state index contributed by atoms with van der Waals surface area (Å²) in [6.07, 6.45) is 0. The van der Waals surface area contributed by atoms with Crippen molar-refractivity contribution >= 4 is 65.6 Å². The molecule has 0 fully saturated rings. The molecule has 3 heterocycles. The molecule has 9 aromatic carbocycles. The maximum absolute atomic E-state index is 6.34. The van der Waals surface area contributed by atoms with E-state index in [4.69, 9.17) is 18.8 Å². The predicted molar refractivity (Wildman–Crippen MR) is 230 cm³/mol. The number of benzene rings is 9. The molecule has 0 saturated heterocycles. The molecular weight excluding hydrogens is 685 g/mol. The van der Waals surface area contributed by atoms with Crippen LogP contribution < -0.4 is 0 Å². The highest BCUT2D eigenvalue weighted by Gasteiger charge is 2.19. The second-order valence-electron chi connectivity index (χ2n) is 14.5. The minimum absolute atomic E-state index is 0.663. The smallest absolute Gasteiger partial charge is 0.180 e. The van der Waals surface area contributed by atoms with Gasteiger partial charge in [-0.05, 0) is 103 Å². The number of aromatic nitrogens is 2. The van der Waals surface area contributed by atoms with E-state index in [-0.39, 0.29) is 0 Å². The maximum atomic E-state index is 6.34. The van der Waals surface area contributed by atoms with Crippen LogP contribution in [0, 0.1) is 0 Å². The molecule has 260 valence electrons. The van der Waals surface area contributed by atoms with Crippen LogP contribution in [0.5, 0.6) is 0 Å². The summed E-state index contributed by atoms with van der Waals surface area (Å²) < 4.78 is 12.6. The molecule has 0 amide bonds. The van der Waals surface area contributed by atoms with Crippen molar-refractivity contribution in [3.8, 4) is 56.0 Å². The molecule has 0 atom stereocenters. The van der Waals surface area contributed by atoms with Crippen LogP contribution in [0.15, 0.2) is 191 Å². The largest absolute Gasteiger partial charge is 0.456 e. The van der Waals surface area contributed by atoms with Gasteiger partial charge in [0.1, 0.15) is 28.0 Å². The zero-order valence-electron chi connectivity index (χ0n) is 30.0. The van der Waals surface area contributed by atoms with E-state index in [1.165, 1.54) is 43.4 Å². The summed E-state index contributed by atoms with van der Waals surface area (Å²) in [5, 5.41) is 8.33. The van der Waals surface area contributed by atoms with E-state index in [1.807, 2.05) is 36.4 Å². The van der Waals surface area contributed by atoms with Crippen LogP contribution in [-0.2, 0) is 0 Å². The molecule has 12 aromatic rings. The first-order chi connectivity index (χ1) is 27.7. The minimum Gasteiger partial charge on any atom is -0.456 e. The van der Waals surface area contributed by atoms with E-state index in [0.717, 1.165) is 66.7 Å². The fraction of sp³-hybridized carbons (Fsp3) is 0. The molecular formula is C52H30N2O2. The van der Waals surface area contributed by atoms with Gasteiger partial charge in [0, 0.05) is 27.3 Å².